The molecule has 1 heterocycles. The lowest BCUT2D eigenvalue weighted by Gasteiger charge is -2.49. The van der Waals surface area contributed by atoms with Crippen LogP contribution in [0.1, 0.15) is 39.2 Å². The van der Waals surface area contributed by atoms with Crippen LogP contribution in [0.15, 0.2) is 30.3 Å². The molecule has 1 aromatic rings. The van der Waals surface area contributed by atoms with Crippen LogP contribution in [0, 0.1) is 5.92 Å². The Kier molecular flexibility index (Phi) is 4.38. The summed E-state index contributed by atoms with van der Waals surface area (Å²) in [5.74, 6) is 0.190. The second-order valence-corrected chi connectivity index (χ2v) is 7.48. The number of nitrogens with zero attached hydrogens (tertiary/aromatic N) is 1. The summed E-state index contributed by atoms with van der Waals surface area (Å²) >= 11 is 0. The van der Waals surface area contributed by atoms with Gasteiger partial charge in [-0.3, -0.25) is 9.59 Å². The van der Waals surface area contributed by atoms with Gasteiger partial charge in [-0.1, -0.05) is 30.3 Å². The monoisotopic (exact) mass is 330 g/mol. The molecule has 3 rings (SSSR count). The van der Waals surface area contributed by atoms with Crippen molar-refractivity contribution < 1.29 is 14.3 Å². The van der Waals surface area contributed by atoms with E-state index in [4.69, 9.17) is 4.74 Å². The van der Waals surface area contributed by atoms with E-state index in [1.54, 1.807) is 18.7 Å². The normalized spacial score (nSPS) is 26.4. The highest BCUT2D eigenvalue weighted by atomic mass is 16.5. The molecule has 1 unspecified atom stereocenters. The summed E-state index contributed by atoms with van der Waals surface area (Å²) in [6.45, 7) is 6.80. The predicted molar refractivity (Wildman–Crippen MR) is 91.2 cm³/mol. The molecule has 0 bridgehead atoms. The highest BCUT2D eigenvalue weighted by Crippen LogP contribution is 2.43. The number of carbonyl (C=O) groups is 2. The van der Waals surface area contributed by atoms with Crippen molar-refractivity contribution in [2.24, 2.45) is 5.92 Å². The van der Waals surface area contributed by atoms with Crippen molar-refractivity contribution in [1.82, 2.24) is 10.2 Å². The van der Waals surface area contributed by atoms with Gasteiger partial charge in [-0.25, -0.2) is 0 Å². The van der Waals surface area contributed by atoms with Gasteiger partial charge in [0.05, 0.1) is 13.2 Å². The molecule has 1 aromatic carbocycles. The number of piperazine rings is 1. The third kappa shape index (κ3) is 3.05. The summed E-state index contributed by atoms with van der Waals surface area (Å²) in [5, 5.41) is 2.97. The van der Waals surface area contributed by atoms with Gasteiger partial charge in [0, 0.05) is 6.54 Å². The summed E-state index contributed by atoms with van der Waals surface area (Å²) in [5.41, 5.74) is -0.504. The largest absolute Gasteiger partial charge is 0.375 e. The average Bonchev–Trinajstić information content (AvgIpc) is 3.39. The molecule has 1 aliphatic heterocycles. The Balaban J connectivity index is 1.63. The fourth-order valence-corrected chi connectivity index (χ4v) is 3.34. The number of hydrogen-bond acceptors (Lipinski definition) is 3. The lowest BCUT2D eigenvalue weighted by atomic mass is 9.85. The molecular formula is C19H26N2O3. The van der Waals surface area contributed by atoms with Crippen LogP contribution in [-0.4, -0.2) is 40.9 Å². The van der Waals surface area contributed by atoms with E-state index < -0.39 is 11.1 Å². The Morgan fingerprint density at radius 2 is 1.83 bits per heavy atom. The van der Waals surface area contributed by atoms with Crippen molar-refractivity contribution in [2.45, 2.75) is 51.3 Å². The SMILES string of the molecule is CC1(C2CC2)NC(=O)C(C)(C)N(CCOCc2ccccc2)C1=O. The molecule has 5 nitrogen and oxygen atoms in total. The molecule has 1 saturated heterocycles. The maximum absolute atomic E-state index is 13.0. The Labute approximate surface area is 143 Å². The zero-order chi connectivity index (χ0) is 17.4. The lowest BCUT2D eigenvalue weighted by molar-refractivity contribution is -0.162. The van der Waals surface area contributed by atoms with Crippen LogP contribution in [-0.2, 0) is 20.9 Å². The van der Waals surface area contributed by atoms with Gasteiger partial charge in [0.2, 0.25) is 11.8 Å². The molecule has 5 heteroatoms. The highest BCUT2D eigenvalue weighted by molar-refractivity contribution is 6.02. The fraction of sp³-hybridized carbons (Fsp3) is 0.579. The van der Waals surface area contributed by atoms with Crippen molar-refractivity contribution in [2.75, 3.05) is 13.2 Å². The number of benzene rings is 1. The summed E-state index contributed by atoms with van der Waals surface area (Å²) in [6, 6.07) is 9.93. The van der Waals surface area contributed by atoms with Crippen molar-refractivity contribution in [3.05, 3.63) is 35.9 Å². The van der Waals surface area contributed by atoms with Crippen LogP contribution in [0.5, 0.6) is 0 Å². The minimum atomic E-state index is -0.846. The van der Waals surface area contributed by atoms with E-state index in [0.717, 1.165) is 18.4 Å². The van der Waals surface area contributed by atoms with Crippen LogP contribution in [0.2, 0.25) is 0 Å². The quantitative estimate of drug-likeness (QED) is 0.813. The van der Waals surface area contributed by atoms with Crippen LogP contribution in [0.4, 0.5) is 0 Å². The van der Waals surface area contributed by atoms with Gasteiger partial charge in [-0.15, -0.1) is 0 Å². The van der Waals surface area contributed by atoms with E-state index in [-0.39, 0.29) is 17.7 Å². The molecule has 2 amide bonds. The number of hydrogen-bond donors (Lipinski definition) is 1. The Morgan fingerprint density at radius 1 is 1.17 bits per heavy atom. The van der Waals surface area contributed by atoms with E-state index in [0.29, 0.717) is 19.8 Å². The molecule has 24 heavy (non-hydrogen) atoms. The maximum atomic E-state index is 13.0. The smallest absolute Gasteiger partial charge is 0.249 e. The third-order valence-electron chi connectivity index (χ3n) is 5.26. The molecule has 1 N–H and O–H groups in total. The first kappa shape index (κ1) is 17.0. The number of carbonyl (C=O) groups excluding carboxylic acids is 2. The number of ether oxygens (including phenoxy) is 1. The van der Waals surface area contributed by atoms with Gasteiger partial charge in [0.25, 0.3) is 0 Å². The maximum Gasteiger partial charge on any atom is 0.249 e. The molecule has 0 aromatic heterocycles. The molecule has 0 radical (unpaired) electrons. The van der Waals surface area contributed by atoms with Crippen molar-refractivity contribution in [3.8, 4) is 0 Å². The standard InChI is InChI=1S/C19H26N2O3/c1-18(2)16(22)20-19(3,15-9-10-15)17(23)21(18)11-12-24-13-14-7-5-4-6-8-14/h4-8,15H,9-13H2,1-3H3,(H,20,22). The molecular weight excluding hydrogens is 304 g/mol. The summed E-state index contributed by atoms with van der Waals surface area (Å²) in [7, 11) is 0. The lowest BCUT2D eigenvalue weighted by Crippen LogP contribution is -2.74. The van der Waals surface area contributed by atoms with E-state index in [1.807, 2.05) is 37.3 Å². The average molecular weight is 330 g/mol. The molecule has 0 spiro atoms. The Morgan fingerprint density at radius 3 is 2.46 bits per heavy atom. The van der Waals surface area contributed by atoms with E-state index in [9.17, 15) is 9.59 Å². The van der Waals surface area contributed by atoms with Gasteiger partial charge in [0.15, 0.2) is 0 Å². The van der Waals surface area contributed by atoms with Gasteiger partial charge in [0.1, 0.15) is 11.1 Å². The molecule has 1 saturated carbocycles. The number of rotatable bonds is 6. The molecule has 1 aliphatic carbocycles. The highest BCUT2D eigenvalue weighted by Gasteiger charge is 2.57. The first-order valence-electron chi connectivity index (χ1n) is 8.62. The Hall–Kier alpha value is -1.88. The number of nitrogens with one attached hydrogen (secondary N) is 1. The predicted octanol–water partition coefficient (Wildman–Crippen LogP) is 2.11. The van der Waals surface area contributed by atoms with Crippen LogP contribution in [0.3, 0.4) is 0 Å². The molecule has 2 aliphatic rings. The summed E-state index contributed by atoms with van der Waals surface area (Å²) in [6.07, 6.45) is 2.00. The van der Waals surface area contributed by atoms with E-state index in [1.165, 1.54) is 0 Å². The van der Waals surface area contributed by atoms with Crippen LogP contribution < -0.4 is 5.32 Å². The molecule has 2 fully saturated rings. The fourth-order valence-electron chi connectivity index (χ4n) is 3.34. The first-order valence-corrected chi connectivity index (χ1v) is 8.62. The van der Waals surface area contributed by atoms with Gasteiger partial charge < -0.3 is 15.0 Å². The minimum Gasteiger partial charge on any atom is -0.375 e. The van der Waals surface area contributed by atoms with Gasteiger partial charge >= 0.3 is 0 Å². The summed E-state index contributed by atoms with van der Waals surface area (Å²) < 4.78 is 5.72. The van der Waals surface area contributed by atoms with Gasteiger partial charge in [-0.05, 0) is 45.1 Å². The van der Waals surface area contributed by atoms with Crippen molar-refractivity contribution in [3.63, 3.8) is 0 Å². The zero-order valence-electron chi connectivity index (χ0n) is 14.7. The molecule has 130 valence electrons. The second kappa shape index (κ2) is 6.20. The molecule has 1 atom stereocenters. The van der Waals surface area contributed by atoms with Crippen molar-refractivity contribution >= 4 is 11.8 Å². The van der Waals surface area contributed by atoms with Crippen molar-refractivity contribution in [1.29, 1.82) is 0 Å². The zero-order valence-corrected chi connectivity index (χ0v) is 14.7. The van der Waals surface area contributed by atoms with Gasteiger partial charge in [-0.2, -0.15) is 0 Å². The van der Waals surface area contributed by atoms with E-state index in [2.05, 4.69) is 5.32 Å². The number of amides is 2. The van der Waals surface area contributed by atoms with E-state index >= 15 is 0 Å². The van der Waals surface area contributed by atoms with Crippen LogP contribution >= 0.6 is 0 Å². The minimum absolute atomic E-state index is 0.0120. The van der Waals surface area contributed by atoms with Crippen LogP contribution in [0.25, 0.3) is 0 Å². The second-order valence-electron chi connectivity index (χ2n) is 7.48. The third-order valence-corrected chi connectivity index (χ3v) is 5.26. The Bertz CT molecular complexity index is 625. The summed E-state index contributed by atoms with van der Waals surface area (Å²) in [4.78, 5) is 27.2. The first-order chi connectivity index (χ1) is 11.4. The topological polar surface area (TPSA) is 58.6 Å².